The predicted molar refractivity (Wildman–Crippen MR) is 131 cm³/mol. The molecule has 34 heavy (non-hydrogen) atoms. The first-order chi connectivity index (χ1) is 15.8. The Balaban J connectivity index is 2.46. The third-order valence-electron chi connectivity index (χ3n) is 4.63. The largest absolute Gasteiger partial charge is 0.405 e. The number of amidine groups is 1. The van der Waals surface area contributed by atoms with E-state index in [4.69, 9.17) is 29.6 Å². The van der Waals surface area contributed by atoms with Crippen LogP contribution >= 0.6 is 23.8 Å². The molecule has 0 aliphatic heterocycles. The van der Waals surface area contributed by atoms with Gasteiger partial charge in [0, 0.05) is 12.2 Å². The lowest BCUT2D eigenvalue weighted by Gasteiger charge is -2.22. The minimum absolute atomic E-state index is 0.0224. The molecule has 8 nitrogen and oxygen atoms in total. The molecule has 0 aliphatic carbocycles. The van der Waals surface area contributed by atoms with Crippen molar-refractivity contribution in [2.24, 2.45) is 10.1 Å². The molecule has 3 aromatic rings. The fourth-order valence-electron chi connectivity index (χ4n) is 3.29. The minimum Gasteiger partial charge on any atom is -0.382 e. The normalized spacial score (nSPS) is 13.5. The predicted octanol–water partition coefficient (Wildman–Crippen LogP) is 4.19. The van der Waals surface area contributed by atoms with Gasteiger partial charge in [-0.2, -0.15) is 17.6 Å². The molecule has 0 saturated carbocycles. The summed E-state index contributed by atoms with van der Waals surface area (Å²) in [6.07, 6.45) is -3.36. The molecule has 14 heteroatoms. The van der Waals surface area contributed by atoms with Crippen LogP contribution in [0, 0.1) is 4.64 Å². The van der Waals surface area contributed by atoms with Gasteiger partial charge in [0.25, 0.3) is 5.56 Å². The number of hydrogen-bond acceptors (Lipinski definition) is 5. The topological polar surface area (TPSA) is 118 Å². The Morgan fingerprint density at radius 3 is 2.62 bits per heavy atom. The molecule has 0 radical (unpaired) electrons. The van der Waals surface area contributed by atoms with Crippen molar-refractivity contribution in [3.05, 3.63) is 55.7 Å². The van der Waals surface area contributed by atoms with Gasteiger partial charge in [0.2, 0.25) is 0 Å². The van der Waals surface area contributed by atoms with Crippen molar-refractivity contribution in [2.45, 2.75) is 25.9 Å². The van der Waals surface area contributed by atoms with Crippen molar-refractivity contribution in [3.63, 3.8) is 0 Å². The molecule has 1 unspecified atom stereocenters. The van der Waals surface area contributed by atoms with Crippen LogP contribution in [-0.2, 0) is 11.0 Å². The van der Waals surface area contributed by atoms with Gasteiger partial charge < -0.3 is 16.0 Å². The van der Waals surface area contributed by atoms with E-state index in [0.717, 1.165) is 0 Å². The van der Waals surface area contributed by atoms with Crippen molar-refractivity contribution in [1.82, 2.24) is 14.5 Å². The minimum atomic E-state index is -4.60. The zero-order valence-corrected chi connectivity index (χ0v) is 20.5. The van der Waals surface area contributed by atoms with Gasteiger partial charge in [-0.1, -0.05) is 37.7 Å². The number of pyridine rings is 1. The van der Waals surface area contributed by atoms with E-state index in [-0.39, 0.29) is 50.6 Å². The molecular formula is C20H20ClF3N6O2S2. The number of alkyl halides is 3. The number of anilines is 1. The first kappa shape index (κ1) is 25.8. The highest BCUT2D eigenvalue weighted by Crippen LogP contribution is 2.33. The molecule has 0 amide bonds. The lowest BCUT2D eigenvalue weighted by Crippen LogP contribution is -2.29. The quantitative estimate of drug-likeness (QED) is 0.249. The first-order valence-electron chi connectivity index (χ1n) is 9.77. The summed E-state index contributed by atoms with van der Waals surface area (Å²) in [6.45, 7) is 2.10. The second-order valence-electron chi connectivity index (χ2n) is 7.54. The summed E-state index contributed by atoms with van der Waals surface area (Å²) in [5.74, 6) is -0.412. The molecule has 0 spiro atoms. The Hall–Kier alpha value is -2.77. The number of H-pyrrole nitrogens is 1. The van der Waals surface area contributed by atoms with Crippen LogP contribution in [0.15, 0.2) is 33.5 Å². The van der Waals surface area contributed by atoms with E-state index >= 15 is 0 Å². The highest BCUT2D eigenvalue weighted by molar-refractivity contribution is 7.83. The number of benzene rings is 1. The molecule has 0 saturated heterocycles. The molecule has 4 N–H and O–H groups in total. The Bertz CT molecular complexity index is 1430. The van der Waals surface area contributed by atoms with Crippen LogP contribution in [0.3, 0.4) is 0 Å². The van der Waals surface area contributed by atoms with Crippen LogP contribution in [0.4, 0.5) is 18.9 Å². The van der Waals surface area contributed by atoms with Crippen LogP contribution in [0.25, 0.3) is 16.7 Å². The number of fused-ring (bicyclic) bond motifs is 1. The summed E-state index contributed by atoms with van der Waals surface area (Å²) in [5, 5.41) is 2.41. The molecule has 1 atom stereocenters. The van der Waals surface area contributed by atoms with Crippen molar-refractivity contribution >= 4 is 57.4 Å². The summed E-state index contributed by atoms with van der Waals surface area (Å²) in [4.78, 5) is 20.9. The second-order valence-corrected chi connectivity index (χ2v) is 9.41. The number of rotatable bonds is 6. The molecule has 2 heterocycles. The van der Waals surface area contributed by atoms with Crippen molar-refractivity contribution in [1.29, 1.82) is 0 Å². The van der Waals surface area contributed by atoms with Gasteiger partial charge >= 0.3 is 6.18 Å². The molecule has 0 bridgehead atoms. The van der Waals surface area contributed by atoms with Gasteiger partial charge in [-0.25, -0.2) is 9.19 Å². The number of aromatic nitrogens is 3. The van der Waals surface area contributed by atoms with Crippen LogP contribution in [-0.4, -0.2) is 43.6 Å². The molecule has 182 valence electrons. The zero-order valence-electron chi connectivity index (χ0n) is 18.2. The van der Waals surface area contributed by atoms with Gasteiger partial charge in [-0.05, 0) is 24.3 Å². The number of nitrogens with zero attached hydrogens (tertiary/aromatic N) is 3. The maximum atomic E-state index is 13.5. The number of nitrogens with two attached hydrogens (primary N) is 1. The standard InChI is InChI=1S/C20H20ClF3N6O2S2/c1-9(2)18-28-17-10(4-7-13(33)27-17)19(31)30(18)12-6-5-11(21)14(16(25)29-34(3)32)15(12)26-8-20(22,23)24/h4-7,9,26H,8H2,1-3H3,(H2,25,29)(H,27,33). The highest BCUT2D eigenvalue weighted by Gasteiger charge is 2.29. The number of halogens is 4. The van der Waals surface area contributed by atoms with Crippen molar-refractivity contribution in [2.75, 3.05) is 18.1 Å². The number of hydrogen-bond donors (Lipinski definition) is 3. The maximum Gasteiger partial charge on any atom is 0.405 e. The summed E-state index contributed by atoms with van der Waals surface area (Å²) in [7, 11) is -1.76. The summed E-state index contributed by atoms with van der Waals surface area (Å²) in [5.41, 5.74) is 5.37. The van der Waals surface area contributed by atoms with Crippen LogP contribution in [0.2, 0.25) is 5.02 Å². The fraction of sp³-hybridized carbons (Fsp3) is 0.300. The van der Waals surface area contributed by atoms with Crippen LogP contribution in [0.5, 0.6) is 0 Å². The van der Waals surface area contributed by atoms with Crippen LogP contribution in [0.1, 0.15) is 31.2 Å². The fourth-order valence-corrected chi connectivity index (χ4v) is 4.08. The molecule has 0 aliphatic rings. The van der Waals surface area contributed by atoms with E-state index in [1.807, 2.05) is 0 Å². The molecule has 1 aromatic carbocycles. The Labute approximate surface area is 204 Å². The maximum absolute atomic E-state index is 13.5. The average molecular weight is 533 g/mol. The van der Waals surface area contributed by atoms with E-state index in [1.54, 1.807) is 13.8 Å². The highest BCUT2D eigenvalue weighted by atomic mass is 35.5. The first-order valence-corrected chi connectivity index (χ1v) is 12.1. The van der Waals surface area contributed by atoms with E-state index in [1.165, 1.54) is 35.1 Å². The molecule has 3 rings (SSSR count). The summed E-state index contributed by atoms with van der Waals surface area (Å²) < 4.78 is 56.4. The van der Waals surface area contributed by atoms with E-state index in [9.17, 15) is 22.2 Å². The average Bonchev–Trinajstić information content (AvgIpc) is 2.71. The van der Waals surface area contributed by atoms with Crippen LogP contribution < -0.4 is 16.6 Å². The number of aromatic amines is 1. The smallest absolute Gasteiger partial charge is 0.382 e. The summed E-state index contributed by atoms with van der Waals surface area (Å²) in [6, 6.07) is 5.75. The third kappa shape index (κ3) is 5.47. The SMILES string of the molecule is CC(C)c1nc2[nH]c(=S)ccc2c(=O)n1-c1ccc(Cl)c(/C(N)=N/S(C)=O)c1NCC(F)(F)F. The Morgan fingerprint density at radius 2 is 2.03 bits per heavy atom. The van der Waals surface area contributed by atoms with E-state index < -0.39 is 29.3 Å². The second kappa shape index (κ2) is 9.84. The lowest BCUT2D eigenvalue weighted by atomic mass is 10.1. The molecule has 0 fully saturated rings. The Kier molecular flexibility index (Phi) is 7.48. The van der Waals surface area contributed by atoms with Gasteiger partial charge in [-0.3, -0.25) is 9.36 Å². The monoisotopic (exact) mass is 532 g/mol. The van der Waals surface area contributed by atoms with E-state index in [0.29, 0.717) is 4.64 Å². The molecular weight excluding hydrogens is 513 g/mol. The van der Waals surface area contributed by atoms with Crippen molar-refractivity contribution in [3.8, 4) is 5.69 Å². The number of nitrogens with one attached hydrogen (secondary N) is 2. The zero-order chi connectivity index (χ0) is 25.4. The molecule has 2 aromatic heterocycles. The Morgan fingerprint density at radius 1 is 1.35 bits per heavy atom. The van der Waals surface area contributed by atoms with Gasteiger partial charge in [-0.15, -0.1) is 0 Å². The van der Waals surface area contributed by atoms with Gasteiger partial charge in [0.05, 0.1) is 27.3 Å². The van der Waals surface area contributed by atoms with Crippen molar-refractivity contribution < 1.29 is 17.4 Å². The van der Waals surface area contributed by atoms with Gasteiger partial charge in [0.15, 0.2) is 0 Å². The van der Waals surface area contributed by atoms with E-state index in [2.05, 4.69) is 19.7 Å². The van der Waals surface area contributed by atoms with Gasteiger partial charge in [0.1, 0.15) is 39.5 Å². The lowest BCUT2D eigenvalue weighted by molar-refractivity contribution is -0.115. The third-order valence-corrected chi connectivity index (χ3v) is 5.63. The summed E-state index contributed by atoms with van der Waals surface area (Å²) >= 11 is 11.4.